The van der Waals surface area contributed by atoms with E-state index in [2.05, 4.69) is 9.97 Å². The molecular formula is C11H16N4O3S. The number of ether oxygens (including phenoxy) is 1. The zero-order valence-corrected chi connectivity index (χ0v) is 11.2. The summed E-state index contributed by atoms with van der Waals surface area (Å²) in [5.74, 6) is 0.0691. The van der Waals surface area contributed by atoms with Gasteiger partial charge in [0.1, 0.15) is 4.90 Å². The Bertz CT molecular complexity index is 560. The number of anilines is 1. The minimum atomic E-state index is -3.56. The third-order valence-electron chi connectivity index (χ3n) is 3.69. The molecule has 1 saturated heterocycles. The fourth-order valence-corrected chi connectivity index (χ4v) is 4.34. The van der Waals surface area contributed by atoms with Crippen LogP contribution in [0.1, 0.15) is 19.3 Å². The lowest BCUT2D eigenvalue weighted by Crippen LogP contribution is -2.51. The second-order valence-electron chi connectivity index (χ2n) is 4.80. The summed E-state index contributed by atoms with van der Waals surface area (Å²) in [5.41, 5.74) is 5.38. The minimum Gasteiger partial charge on any atom is -0.375 e. The Morgan fingerprint density at radius 2 is 2.05 bits per heavy atom. The zero-order chi connectivity index (χ0) is 13.5. The topological polar surface area (TPSA) is 98.4 Å². The van der Waals surface area contributed by atoms with Gasteiger partial charge in [-0.1, -0.05) is 0 Å². The van der Waals surface area contributed by atoms with E-state index in [4.69, 9.17) is 10.5 Å². The third-order valence-corrected chi connectivity index (χ3v) is 5.56. The highest BCUT2D eigenvalue weighted by molar-refractivity contribution is 7.89. The van der Waals surface area contributed by atoms with E-state index in [1.165, 1.54) is 16.7 Å². The molecule has 7 nitrogen and oxygen atoms in total. The fraction of sp³-hybridized carbons (Fsp3) is 0.636. The predicted molar refractivity (Wildman–Crippen MR) is 67.7 cm³/mol. The van der Waals surface area contributed by atoms with Crippen LogP contribution in [0.3, 0.4) is 0 Å². The monoisotopic (exact) mass is 284 g/mol. The molecule has 19 heavy (non-hydrogen) atoms. The van der Waals surface area contributed by atoms with Gasteiger partial charge in [-0.2, -0.15) is 4.31 Å². The number of hydrogen-bond donors (Lipinski definition) is 1. The molecule has 104 valence electrons. The molecule has 0 bridgehead atoms. The Morgan fingerprint density at radius 1 is 1.32 bits per heavy atom. The first-order chi connectivity index (χ1) is 9.09. The van der Waals surface area contributed by atoms with E-state index in [1.807, 2.05) is 0 Å². The van der Waals surface area contributed by atoms with Gasteiger partial charge in [0.15, 0.2) is 0 Å². The van der Waals surface area contributed by atoms with E-state index >= 15 is 0 Å². The van der Waals surface area contributed by atoms with E-state index in [0.717, 1.165) is 19.3 Å². The summed E-state index contributed by atoms with van der Waals surface area (Å²) >= 11 is 0. The number of nitrogens with two attached hydrogens (primary N) is 1. The van der Waals surface area contributed by atoms with Crippen molar-refractivity contribution in [3.05, 3.63) is 12.4 Å². The Labute approximate surface area is 111 Å². The van der Waals surface area contributed by atoms with Gasteiger partial charge >= 0.3 is 0 Å². The molecule has 1 aromatic rings. The molecule has 2 unspecified atom stereocenters. The molecule has 0 radical (unpaired) electrons. The first-order valence-electron chi connectivity index (χ1n) is 6.30. The van der Waals surface area contributed by atoms with Crippen LogP contribution in [-0.4, -0.2) is 48.0 Å². The van der Waals surface area contributed by atoms with Crippen molar-refractivity contribution in [3.63, 3.8) is 0 Å². The number of fused-ring (bicyclic) bond motifs is 1. The van der Waals surface area contributed by atoms with Gasteiger partial charge in [-0.3, -0.25) is 0 Å². The largest absolute Gasteiger partial charge is 0.375 e. The van der Waals surface area contributed by atoms with Crippen LogP contribution in [-0.2, 0) is 14.8 Å². The lowest BCUT2D eigenvalue weighted by Gasteiger charge is -2.36. The summed E-state index contributed by atoms with van der Waals surface area (Å²) in [5, 5.41) is 0. The van der Waals surface area contributed by atoms with Crippen LogP contribution in [0.2, 0.25) is 0 Å². The second-order valence-corrected chi connectivity index (χ2v) is 6.69. The Hall–Kier alpha value is -1.25. The molecular weight excluding hydrogens is 268 g/mol. The van der Waals surface area contributed by atoms with Gasteiger partial charge in [0.05, 0.1) is 31.1 Å². The van der Waals surface area contributed by atoms with Crippen LogP contribution >= 0.6 is 0 Å². The summed E-state index contributed by atoms with van der Waals surface area (Å²) in [4.78, 5) is 7.60. The highest BCUT2D eigenvalue weighted by atomic mass is 32.2. The predicted octanol–water partition coefficient (Wildman–Crippen LogP) is 0.000800. The summed E-state index contributed by atoms with van der Waals surface area (Å²) in [7, 11) is -3.56. The van der Waals surface area contributed by atoms with E-state index in [9.17, 15) is 8.42 Å². The summed E-state index contributed by atoms with van der Waals surface area (Å²) < 4.78 is 32.3. The highest BCUT2D eigenvalue weighted by Crippen LogP contribution is 2.33. The SMILES string of the molecule is Nc1ncc(S(=O)(=O)N2CCOC3CCCC32)cn1. The van der Waals surface area contributed by atoms with Crippen LogP contribution in [0.4, 0.5) is 5.95 Å². The lowest BCUT2D eigenvalue weighted by atomic mass is 10.2. The van der Waals surface area contributed by atoms with Gasteiger partial charge < -0.3 is 10.5 Å². The second kappa shape index (κ2) is 4.69. The molecule has 0 amide bonds. The maximum absolute atomic E-state index is 12.6. The fourth-order valence-electron chi connectivity index (χ4n) is 2.78. The number of nitrogen functional groups attached to an aromatic ring is 1. The van der Waals surface area contributed by atoms with E-state index in [0.29, 0.717) is 13.2 Å². The summed E-state index contributed by atoms with van der Waals surface area (Å²) in [6, 6.07) is -0.0590. The summed E-state index contributed by atoms with van der Waals surface area (Å²) in [6.07, 6.45) is 5.32. The average molecular weight is 284 g/mol. The van der Waals surface area contributed by atoms with Gasteiger partial charge in [-0.05, 0) is 19.3 Å². The quantitative estimate of drug-likeness (QED) is 0.821. The molecule has 1 aliphatic heterocycles. The Kier molecular flexibility index (Phi) is 3.15. The normalized spacial score (nSPS) is 28.2. The molecule has 8 heteroatoms. The molecule has 2 fully saturated rings. The molecule has 2 aliphatic rings. The van der Waals surface area contributed by atoms with Crippen molar-refractivity contribution in [1.82, 2.24) is 14.3 Å². The first-order valence-corrected chi connectivity index (χ1v) is 7.74. The molecule has 1 aromatic heterocycles. The van der Waals surface area contributed by atoms with Crippen molar-refractivity contribution in [1.29, 1.82) is 0 Å². The van der Waals surface area contributed by atoms with Gasteiger partial charge in [-0.25, -0.2) is 18.4 Å². The molecule has 1 aliphatic carbocycles. The summed E-state index contributed by atoms with van der Waals surface area (Å²) in [6.45, 7) is 0.824. The van der Waals surface area contributed by atoms with Crippen molar-refractivity contribution < 1.29 is 13.2 Å². The number of hydrogen-bond acceptors (Lipinski definition) is 6. The highest BCUT2D eigenvalue weighted by Gasteiger charge is 2.42. The number of nitrogens with zero attached hydrogens (tertiary/aromatic N) is 3. The van der Waals surface area contributed by atoms with Gasteiger partial charge in [0, 0.05) is 6.54 Å². The number of rotatable bonds is 2. The average Bonchev–Trinajstić information content (AvgIpc) is 2.87. The first kappa shape index (κ1) is 12.8. The van der Waals surface area contributed by atoms with Gasteiger partial charge in [0.25, 0.3) is 0 Å². The van der Waals surface area contributed by atoms with Gasteiger partial charge in [-0.15, -0.1) is 0 Å². The molecule has 2 heterocycles. The Balaban J connectivity index is 1.93. The van der Waals surface area contributed by atoms with Crippen molar-refractivity contribution in [2.24, 2.45) is 0 Å². The molecule has 2 atom stereocenters. The van der Waals surface area contributed by atoms with Crippen LogP contribution < -0.4 is 5.73 Å². The van der Waals surface area contributed by atoms with Crippen molar-refractivity contribution in [2.75, 3.05) is 18.9 Å². The van der Waals surface area contributed by atoms with Crippen molar-refractivity contribution in [3.8, 4) is 0 Å². The molecule has 0 spiro atoms. The number of aromatic nitrogens is 2. The number of sulfonamides is 1. The maximum Gasteiger partial charge on any atom is 0.246 e. The molecule has 1 saturated carbocycles. The maximum atomic E-state index is 12.6. The molecule has 0 aromatic carbocycles. The standard InChI is InChI=1S/C11H16N4O3S/c12-11-13-6-8(7-14-11)19(16,17)15-4-5-18-10-3-1-2-9(10)15/h6-7,9-10H,1-5H2,(H2,12,13,14). The Morgan fingerprint density at radius 3 is 2.79 bits per heavy atom. The number of morpholine rings is 1. The lowest BCUT2D eigenvalue weighted by molar-refractivity contribution is -0.0241. The van der Waals surface area contributed by atoms with E-state index in [-0.39, 0.29) is 23.0 Å². The van der Waals surface area contributed by atoms with E-state index < -0.39 is 10.0 Å². The van der Waals surface area contributed by atoms with E-state index in [1.54, 1.807) is 0 Å². The van der Waals surface area contributed by atoms with Gasteiger partial charge in [0.2, 0.25) is 16.0 Å². The molecule has 2 N–H and O–H groups in total. The van der Waals surface area contributed by atoms with Crippen molar-refractivity contribution in [2.45, 2.75) is 36.3 Å². The molecule has 3 rings (SSSR count). The smallest absolute Gasteiger partial charge is 0.246 e. The minimum absolute atomic E-state index is 0.0261. The van der Waals surface area contributed by atoms with Crippen LogP contribution in [0, 0.1) is 0 Å². The third kappa shape index (κ3) is 2.19. The van der Waals surface area contributed by atoms with Crippen LogP contribution in [0.5, 0.6) is 0 Å². The zero-order valence-electron chi connectivity index (χ0n) is 10.4. The van der Waals surface area contributed by atoms with Crippen molar-refractivity contribution >= 4 is 16.0 Å². The van der Waals surface area contributed by atoms with Crippen LogP contribution in [0.15, 0.2) is 17.3 Å². The van der Waals surface area contributed by atoms with Crippen LogP contribution in [0.25, 0.3) is 0 Å².